The van der Waals surface area contributed by atoms with Crippen LogP contribution in [0.4, 0.5) is 0 Å². The predicted octanol–water partition coefficient (Wildman–Crippen LogP) is 4.11. The number of likely N-dealkylation sites (tertiary alicyclic amines) is 1. The number of fused-ring (bicyclic) bond motifs is 1. The monoisotopic (exact) mass is 397 g/mol. The van der Waals surface area contributed by atoms with E-state index in [0.717, 1.165) is 37.1 Å². The number of methoxy groups -OCH3 is 1. The number of hydrogen-bond acceptors (Lipinski definition) is 4. The largest absolute Gasteiger partial charge is 0.497 e. The van der Waals surface area contributed by atoms with Gasteiger partial charge >= 0.3 is 5.97 Å². The van der Waals surface area contributed by atoms with E-state index in [-0.39, 0.29) is 36.2 Å². The lowest BCUT2D eigenvalue weighted by Crippen LogP contribution is -2.54. The van der Waals surface area contributed by atoms with Gasteiger partial charge in [0.1, 0.15) is 12.4 Å². The third kappa shape index (κ3) is 4.34. The lowest BCUT2D eigenvalue weighted by Gasteiger charge is -2.45. The number of amides is 1. The Kier molecular flexibility index (Phi) is 6.22. The molecule has 1 aromatic rings. The van der Waals surface area contributed by atoms with Crippen LogP contribution in [0.5, 0.6) is 5.75 Å². The fourth-order valence-corrected chi connectivity index (χ4v) is 5.17. The molecular weight excluding hydrogens is 366 g/mol. The zero-order chi connectivity index (χ0) is 20.2. The van der Waals surface area contributed by atoms with Crippen molar-refractivity contribution < 1.29 is 19.1 Å². The zero-order valence-electron chi connectivity index (χ0n) is 17.2. The molecule has 1 amide bonds. The molecule has 1 saturated heterocycles. The highest BCUT2D eigenvalue weighted by molar-refractivity contribution is 5.87. The molecule has 1 aromatic carbocycles. The molecule has 29 heavy (non-hydrogen) atoms. The van der Waals surface area contributed by atoms with Gasteiger partial charge in [0.05, 0.1) is 18.9 Å². The molecule has 3 atom stereocenters. The van der Waals surface area contributed by atoms with Gasteiger partial charge in [-0.05, 0) is 49.3 Å². The van der Waals surface area contributed by atoms with Gasteiger partial charge in [0, 0.05) is 12.6 Å². The van der Waals surface area contributed by atoms with E-state index < -0.39 is 0 Å². The molecule has 0 N–H and O–H groups in total. The van der Waals surface area contributed by atoms with Gasteiger partial charge in [-0.1, -0.05) is 43.5 Å². The van der Waals surface area contributed by atoms with E-state index in [0.29, 0.717) is 12.5 Å². The SMILES string of the molecule is COc1ccc(COC(=O)[C@H]2CC=C[C@H]3CCN(C4CCCCC4)C(=O)[C@@H]23)cc1. The van der Waals surface area contributed by atoms with Crippen LogP contribution in [0.3, 0.4) is 0 Å². The van der Waals surface area contributed by atoms with Crippen molar-refractivity contribution in [1.82, 2.24) is 4.90 Å². The van der Waals surface area contributed by atoms with E-state index in [9.17, 15) is 9.59 Å². The average molecular weight is 398 g/mol. The Bertz CT molecular complexity index is 751. The summed E-state index contributed by atoms with van der Waals surface area (Å²) in [5.74, 6) is 0.217. The van der Waals surface area contributed by atoms with Crippen LogP contribution in [0.2, 0.25) is 0 Å². The van der Waals surface area contributed by atoms with E-state index in [1.807, 2.05) is 24.3 Å². The summed E-state index contributed by atoms with van der Waals surface area (Å²) in [4.78, 5) is 28.4. The highest BCUT2D eigenvalue weighted by Crippen LogP contribution is 2.40. The topological polar surface area (TPSA) is 55.8 Å². The molecule has 5 heteroatoms. The number of carbonyl (C=O) groups is 2. The minimum absolute atomic E-state index is 0.162. The van der Waals surface area contributed by atoms with Crippen LogP contribution in [0, 0.1) is 17.8 Å². The Morgan fingerprint density at radius 3 is 2.59 bits per heavy atom. The third-order valence-electron chi connectivity index (χ3n) is 6.80. The Hall–Kier alpha value is -2.30. The van der Waals surface area contributed by atoms with Gasteiger partial charge < -0.3 is 14.4 Å². The number of allylic oxidation sites excluding steroid dienone is 2. The first-order valence-electron chi connectivity index (χ1n) is 10.9. The molecule has 2 fully saturated rings. The normalized spacial score (nSPS) is 27.4. The summed E-state index contributed by atoms with van der Waals surface area (Å²) in [6.07, 6.45) is 11.6. The molecule has 1 aliphatic heterocycles. The molecule has 5 nitrogen and oxygen atoms in total. The molecule has 1 saturated carbocycles. The molecule has 2 aliphatic carbocycles. The van der Waals surface area contributed by atoms with Crippen LogP contribution in [0.15, 0.2) is 36.4 Å². The molecule has 0 bridgehead atoms. The number of esters is 1. The fourth-order valence-electron chi connectivity index (χ4n) is 5.17. The molecule has 1 heterocycles. The molecule has 0 radical (unpaired) electrons. The minimum atomic E-state index is -0.373. The molecule has 3 aliphatic rings. The number of benzene rings is 1. The number of rotatable bonds is 5. The maximum absolute atomic E-state index is 13.4. The lowest BCUT2D eigenvalue weighted by molar-refractivity contribution is -0.161. The molecule has 156 valence electrons. The van der Waals surface area contributed by atoms with Gasteiger partial charge in [-0.2, -0.15) is 0 Å². The standard InChI is InChI=1S/C24H31NO4/c1-28-20-12-10-17(11-13-20)16-29-24(27)21-9-5-6-18-14-15-25(23(26)22(18)21)19-7-3-2-4-8-19/h5-6,10-13,18-19,21-22H,2-4,7-9,14-16H2,1H3/t18-,21-,22+/m0/s1. The first kappa shape index (κ1) is 20.0. The first-order valence-corrected chi connectivity index (χ1v) is 10.9. The Balaban J connectivity index is 1.42. The van der Waals surface area contributed by atoms with Crippen molar-refractivity contribution in [2.24, 2.45) is 17.8 Å². The summed E-state index contributed by atoms with van der Waals surface area (Å²) in [5.41, 5.74) is 0.917. The molecule has 0 unspecified atom stereocenters. The summed E-state index contributed by atoms with van der Waals surface area (Å²) in [6.45, 7) is 1.05. The van der Waals surface area contributed by atoms with Gasteiger partial charge in [-0.25, -0.2) is 0 Å². The first-order chi connectivity index (χ1) is 14.2. The number of carbonyl (C=O) groups excluding carboxylic acids is 2. The minimum Gasteiger partial charge on any atom is -0.497 e. The smallest absolute Gasteiger partial charge is 0.310 e. The summed E-state index contributed by atoms with van der Waals surface area (Å²) in [6, 6.07) is 7.86. The van der Waals surface area contributed by atoms with E-state index >= 15 is 0 Å². The van der Waals surface area contributed by atoms with Gasteiger partial charge in [0.25, 0.3) is 0 Å². The summed E-state index contributed by atoms with van der Waals surface area (Å²) in [5, 5.41) is 0. The Morgan fingerprint density at radius 1 is 1.10 bits per heavy atom. The van der Waals surface area contributed by atoms with Gasteiger partial charge in [-0.15, -0.1) is 0 Å². The van der Waals surface area contributed by atoms with Crippen molar-refractivity contribution in [3.05, 3.63) is 42.0 Å². The number of ether oxygens (including phenoxy) is 2. The highest BCUT2D eigenvalue weighted by Gasteiger charge is 2.46. The molecule has 0 aromatic heterocycles. The average Bonchev–Trinajstić information content (AvgIpc) is 2.78. The van der Waals surface area contributed by atoms with Crippen molar-refractivity contribution in [1.29, 1.82) is 0 Å². The van der Waals surface area contributed by atoms with Crippen LogP contribution in [0.25, 0.3) is 0 Å². The number of piperidine rings is 1. The summed E-state index contributed by atoms with van der Waals surface area (Å²) in [7, 11) is 1.62. The maximum atomic E-state index is 13.4. The third-order valence-corrected chi connectivity index (χ3v) is 6.80. The van der Waals surface area contributed by atoms with Crippen LogP contribution < -0.4 is 4.74 Å². The quantitative estimate of drug-likeness (QED) is 0.554. The van der Waals surface area contributed by atoms with Crippen LogP contribution in [-0.2, 0) is 20.9 Å². The van der Waals surface area contributed by atoms with Crippen LogP contribution in [-0.4, -0.2) is 36.5 Å². The molecular formula is C24H31NO4. The second-order valence-corrected chi connectivity index (χ2v) is 8.53. The fraction of sp³-hybridized carbons (Fsp3) is 0.583. The summed E-state index contributed by atoms with van der Waals surface area (Å²) >= 11 is 0. The summed E-state index contributed by atoms with van der Waals surface area (Å²) < 4.78 is 10.8. The molecule has 0 spiro atoms. The van der Waals surface area contributed by atoms with E-state index in [4.69, 9.17) is 9.47 Å². The Labute approximate surface area is 173 Å². The van der Waals surface area contributed by atoms with Crippen molar-refractivity contribution >= 4 is 11.9 Å². The van der Waals surface area contributed by atoms with Crippen molar-refractivity contribution in [2.45, 2.75) is 57.6 Å². The van der Waals surface area contributed by atoms with E-state index in [1.54, 1.807) is 7.11 Å². The maximum Gasteiger partial charge on any atom is 0.310 e. The number of hydrogen-bond donors (Lipinski definition) is 0. The van der Waals surface area contributed by atoms with Crippen LogP contribution in [0.1, 0.15) is 50.5 Å². The van der Waals surface area contributed by atoms with Crippen molar-refractivity contribution in [3.8, 4) is 5.75 Å². The lowest BCUT2D eigenvalue weighted by atomic mass is 9.71. The Morgan fingerprint density at radius 2 is 1.86 bits per heavy atom. The molecule has 4 rings (SSSR count). The van der Waals surface area contributed by atoms with E-state index in [1.165, 1.54) is 19.3 Å². The second-order valence-electron chi connectivity index (χ2n) is 8.53. The number of nitrogens with zero attached hydrogens (tertiary/aromatic N) is 1. The van der Waals surface area contributed by atoms with Gasteiger partial charge in [0.15, 0.2) is 0 Å². The zero-order valence-corrected chi connectivity index (χ0v) is 17.2. The van der Waals surface area contributed by atoms with Gasteiger partial charge in [0.2, 0.25) is 5.91 Å². The van der Waals surface area contributed by atoms with Gasteiger partial charge in [-0.3, -0.25) is 9.59 Å². The van der Waals surface area contributed by atoms with Crippen molar-refractivity contribution in [3.63, 3.8) is 0 Å². The predicted molar refractivity (Wildman–Crippen MR) is 110 cm³/mol. The van der Waals surface area contributed by atoms with Crippen molar-refractivity contribution in [2.75, 3.05) is 13.7 Å². The highest BCUT2D eigenvalue weighted by atomic mass is 16.5. The second kappa shape index (κ2) is 9.02. The van der Waals surface area contributed by atoms with E-state index in [2.05, 4.69) is 17.1 Å². The van der Waals surface area contributed by atoms with Crippen LogP contribution >= 0.6 is 0 Å².